The van der Waals surface area contributed by atoms with Gasteiger partial charge in [-0.15, -0.1) is 11.8 Å². The summed E-state index contributed by atoms with van der Waals surface area (Å²) >= 11 is 1.64. The van der Waals surface area contributed by atoms with Crippen molar-refractivity contribution < 1.29 is 12.8 Å². The fourth-order valence-electron chi connectivity index (χ4n) is 2.03. The molecular formula is C12H16FNO2S2. The van der Waals surface area contributed by atoms with Crippen molar-refractivity contribution >= 4 is 21.8 Å². The highest BCUT2D eigenvalue weighted by Crippen LogP contribution is 2.36. The van der Waals surface area contributed by atoms with Crippen molar-refractivity contribution in [2.45, 2.75) is 30.7 Å². The zero-order valence-corrected chi connectivity index (χ0v) is 11.8. The molecule has 1 unspecified atom stereocenters. The average Bonchev–Trinajstić information content (AvgIpc) is 2.29. The second-order valence-electron chi connectivity index (χ2n) is 4.31. The van der Waals surface area contributed by atoms with E-state index < -0.39 is 10.0 Å². The fraction of sp³-hybridized carbons (Fsp3) is 0.500. The summed E-state index contributed by atoms with van der Waals surface area (Å²) in [6.45, 7) is 1.82. The summed E-state index contributed by atoms with van der Waals surface area (Å²) in [5, 5.41) is 0. The van der Waals surface area contributed by atoms with E-state index in [2.05, 4.69) is 4.72 Å². The van der Waals surface area contributed by atoms with E-state index in [1.807, 2.05) is 6.92 Å². The second kappa shape index (κ2) is 5.59. The van der Waals surface area contributed by atoms with Crippen molar-refractivity contribution in [3.05, 3.63) is 29.6 Å². The number of hydrogen-bond donors (Lipinski definition) is 1. The van der Waals surface area contributed by atoms with Crippen LogP contribution in [0.25, 0.3) is 0 Å². The van der Waals surface area contributed by atoms with E-state index in [1.54, 1.807) is 17.8 Å². The molecule has 0 aromatic heterocycles. The van der Waals surface area contributed by atoms with Crippen LogP contribution in [-0.4, -0.2) is 19.9 Å². The Labute approximate surface area is 111 Å². The van der Waals surface area contributed by atoms with Crippen LogP contribution < -0.4 is 4.72 Å². The van der Waals surface area contributed by atoms with Gasteiger partial charge in [0.1, 0.15) is 5.82 Å². The molecule has 0 bridgehead atoms. The largest absolute Gasteiger partial charge is 0.212 e. The molecular weight excluding hydrogens is 273 g/mol. The highest BCUT2D eigenvalue weighted by atomic mass is 32.2. The third kappa shape index (κ3) is 3.24. The predicted octanol–water partition coefficient (Wildman–Crippen LogP) is 2.69. The van der Waals surface area contributed by atoms with Crippen LogP contribution in [0.1, 0.15) is 31.4 Å². The van der Waals surface area contributed by atoms with Gasteiger partial charge in [0.15, 0.2) is 0 Å². The van der Waals surface area contributed by atoms with E-state index >= 15 is 0 Å². The Balaban J connectivity index is 2.25. The minimum Gasteiger partial charge on any atom is -0.212 e. The highest BCUT2D eigenvalue weighted by Gasteiger charge is 2.25. The van der Waals surface area contributed by atoms with E-state index in [1.165, 1.54) is 12.1 Å². The lowest BCUT2D eigenvalue weighted by Crippen LogP contribution is -2.32. The molecule has 6 heteroatoms. The first-order valence-corrected chi connectivity index (χ1v) is 8.58. The molecule has 1 atom stereocenters. The van der Waals surface area contributed by atoms with Crippen LogP contribution in [0.15, 0.2) is 23.1 Å². The van der Waals surface area contributed by atoms with Gasteiger partial charge in [0.05, 0.1) is 5.75 Å². The Morgan fingerprint density at radius 1 is 1.50 bits per heavy atom. The lowest BCUT2D eigenvalue weighted by molar-refractivity contribution is 0.540. The third-order valence-corrected chi connectivity index (χ3v) is 5.52. The molecule has 0 amide bonds. The maximum absolute atomic E-state index is 13.3. The fourth-order valence-corrected chi connectivity index (χ4v) is 4.47. The lowest BCUT2D eigenvalue weighted by atomic mass is 10.0. The number of benzene rings is 1. The van der Waals surface area contributed by atoms with Crippen molar-refractivity contribution in [2.75, 3.05) is 11.5 Å². The predicted molar refractivity (Wildman–Crippen MR) is 71.7 cm³/mol. The van der Waals surface area contributed by atoms with Crippen molar-refractivity contribution in [1.29, 1.82) is 0 Å². The van der Waals surface area contributed by atoms with Gasteiger partial charge >= 0.3 is 0 Å². The maximum atomic E-state index is 13.3. The monoisotopic (exact) mass is 289 g/mol. The first-order valence-electron chi connectivity index (χ1n) is 5.94. The molecule has 2 rings (SSSR count). The Hall–Kier alpha value is -0.590. The first kappa shape index (κ1) is 13.8. The lowest BCUT2D eigenvalue weighted by Gasteiger charge is -2.25. The summed E-state index contributed by atoms with van der Waals surface area (Å²) in [5.74, 6) is 0.634. The molecule has 1 heterocycles. The van der Waals surface area contributed by atoms with Gasteiger partial charge in [-0.2, -0.15) is 0 Å². The SMILES string of the molecule is CCCS(=O)(=O)NC1CCSc2ccc(F)cc21. The summed E-state index contributed by atoms with van der Waals surface area (Å²) < 4.78 is 39.5. The van der Waals surface area contributed by atoms with Gasteiger partial charge < -0.3 is 0 Å². The number of thioether (sulfide) groups is 1. The molecule has 0 saturated carbocycles. The summed E-state index contributed by atoms with van der Waals surface area (Å²) in [7, 11) is -3.27. The van der Waals surface area contributed by atoms with Gasteiger partial charge in [0.2, 0.25) is 10.0 Å². The minimum atomic E-state index is -3.27. The topological polar surface area (TPSA) is 46.2 Å². The summed E-state index contributed by atoms with van der Waals surface area (Å²) in [6.07, 6.45) is 1.27. The van der Waals surface area contributed by atoms with E-state index in [0.717, 1.165) is 16.2 Å². The summed E-state index contributed by atoms with van der Waals surface area (Å²) in [6, 6.07) is 4.26. The normalized spacial score (nSPS) is 19.6. The number of fused-ring (bicyclic) bond motifs is 1. The zero-order chi connectivity index (χ0) is 13.2. The van der Waals surface area contributed by atoms with E-state index in [-0.39, 0.29) is 17.6 Å². The molecule has 18 heavy (non-hydrogen) atoms. The highest BCUT2D eigenvalue weighted by molar-refractivity contribution is 7.99. The smallest absolute Gasteiger partial charge is 0.212 e. The molecule has 1 aromatic carbocycles. The van der Waals surface area contributed by atoms with Crippen LogP contribution >= 0.6 is 11.8 Å². The van der Waals surface area contributed by atoms with Crippen LogP contribution in [0.3, 0.4) is 0 Å². The molecule has 0 aliphatic carbocycles. The number of rotatable bonds is 4. The second-order valence-corrected chi connectivity index (χ2v) is 7.32. The molecule has 100 valence electrons. The number of sulfonamides is 1. The van der Waals surface area contributed by atoms with Crippen LogP contribution in [0.4, 0.5) is 4.39 Å². The Bertz CT molecular complexity index is 531. The molecule has 1 aliphatic rings. The molecule has 0 radical (unpaired) electrons. The molecule has 0 fully saturated rings. The molecule has 1 N–H and O–H groups in total. The van der Waals surface area contributed by atoms with Crippen molar-refractivity contribution in [1.82, 2.24) is 4.72 Å². The van der Waals surface area contributed by atoms with Crippen molar-refractivity contribution in [3.63, 3.8) is 0 Å². The van der Waals surface area contributed by atoms with Gasteiger partial charge in [-0.05, 0) is 42.4 Å². The molecule has 0 spiro atoms. The van der Waals surface area contributed by atoms with E-state index in [0.29, 0.717) is 12.8 Å². The Morgan fingerprint density at radius 3 is 3.00 bits per heavy atom. The molecule has 1 aliphatic heterocycles. The van der Waals surface area contributed by atoms with Gasteiger partial charge in [0.25, 0.3) is 0 Å². The van der Waals surface area contributed by atoms with Crippen LogP contribution in [0, 0.1) is 5.82 Å². The summed E-state index contributed by atoms with van der Waals surface area (Å²) in [4.78, 5) is 0.965. The van der Waals surface area contributed by atoms with Crippen LogP contribution in [-0.2, 0) is 10.0 Å². The number of hydrogen-bond acceptors (Lipinski definition) is 3. The minimum absolute atomic E-state index is 0.112. The van der Waals surface area contributed by atoms with Crippen molar-refractivity contribution in [3.8, 4) is 0 Å². The number of nitrogens with one attached hydrogen (secondary N) is 1. The zero-order valence-electron chi connectivity index (χ0n) is 10.1. The van der Waals surface area contributed by atoms with Crippen molar-refractivity contribution in [2.24, 2.45) is 0 Å². The maximum Gasteiger partial charge on any atom is 0.212 e. The Morgan fingerprint density at radius 2 is 2.28 bits per heavy atom. The molecule has 0 saturated heterocycles. The molecule has 3 nitrogen and oxygen atoms in total. The van der Waals surface area contributed by atoms with Crippen LogP contribution in [0.2, 0.25) is 0 Å². The summed E-state index contributed by atoms with van der Waals surface area (Å²) in [5.41, 5.74) is 0.755. The van der Waals surface area contributed by atoms with Gasteiger partial charge in [-0.3, -0.25) is 0 Å². The first-order chi connectivity index (χ1) is 8.52. The van der Waals surface area contributed by atoms with Gasteiger partial charge in [-0.1, -0.05) is 6.92 Å². The standard InChI is InChI=1S/C12H16FNO2S2/c1-2-7-18(15,16)14-11-5-6-17-12-4-3-9(13)8-10(11)12/h3-4,8,11,14H,2,5-7H2,1H3. The number of halogens is 1. The van der Waals surface area contributed by atoms with Crippen LogP contribution in [0.5, 0.6) is 0 Å². The van der Waals surface area contributed by atoms with E-state index in [4.69, 9.17) is 0 Å². The average molecular weight is 289 g/mol. The quantitative estimate of drug-likeness (QED) is 0.927. The Kier molecular flexibility index (Phi) is 4.29. The van der Waals surface area contributed by atoms with Gasteiger partial charge in [-0.25, -0.2) is 17.5 Å². The van der Waals surface area contributed by atoms with E-state index in [9.17, 15) is 12.8 Å². The molecule has 1 aromatic rings. The van der Waals surface area contributed by atoms with Gasteiger partial charge in [0, 0.05) is 10.9 Å². The third-order valence-electron chi connectivity index (χ3n) is 2.81.